The van der Waals surface area contributed by atoms with E-state index >= 15 is 0 Å². The lowest BCUT2D eigenvalue weighted by Gasteiger charge is -2.26. The molecule has 42 heavy (non-hydrogen) atoms. The Morgan fingerprint density at radius 2 is 1.98 bits per heavy atom. The second kappa shape index (κ2) is 11.4. The number of nitrogens with one attached hydrogen (secondary N) is 3. The first-order valence-corrected chi connectivity index (χ1v) is 16.6. The summed E-state index contributed by atoms with van der Waals surface area (Å²) in [7, 11) is -3.94. The van der Waals surface area contributed by atoms with Gasteiger partial charge in [-0.3, -0.25) is 14.5 Å². The fourth-order valence-electron chi connectivity index (χ4n) is 5.44. The third kappa shape index (κ3) is 5.91. The fraction of sp³-hybridized carbons (Fsp3) is 0.448. The molecule has 11 nitrogen and oxygen atoms in total. The summed E-state index contributed by atoms with van der Waals surface area (Å²) < 4.78 is 29.6. The summed E-state index contributed by atoms with van der Waals surface area (Å²) in [5, 5.41) is 6.90. The summed E-state index contributed by atoms with van der Waals surface area (Å²) in [6.07, 6.45) is 3.34. The minimum atomic E-state index is -3.94. The van der Waals surface area contributed by atoms with Crippen molar-refractivity contribution >= 4 is 49.9 Å². The highest BCUT2D eigenvalue weighted by Crippen LogP contribution is 2.40. The average molecular weight is 610 g/mol. The Hall–Kier alpha value is -3.39. The zero-order valence-electron chi connectivity index (χ0n) is 23.9. The zero-order valence-corrected chi connectivity index (χ0v) is 25.6. The van der Waals surface area contributed by atoms with Crippen LogP contribution in [0.4, 0.5) is 16.8 Å². The van der Waals surface area contributed by atoms with Crippen molar-refractivity contribution in [3.05, 3.63) is 47.2 Å². The molecular weight excluding hydrogens is 574 g/mol. The van der Waals surface area contributed by atoms with Crippen LogP contribution in [0.3, 0.4) is 0 Å². The molecule has 2 amide bonds. The molecule has 3 aliphatic rings. The average Bonchev–Trinajstić information content (AvgIpc) is 3.62. The molecule has 3 N–H and O–H groups in total. The Morgan fingerprint density at radius 3 is 2.71 bits per heavy atom. The number of carbonyl (C=O) groups excluding carboxylic acids is 2. The summed E-state index contributed by atoms with van der Waals surface area (Å²) in [6.45, 7) is 7.95. The van der Waals surface area contributed by atoms with Gasteiger partial charge in [-0.1, -0.05) is 30.2 Å². The number of hydrogen-bond acceptors (Lipinski definition) is 9. The van der Waals surface area contributed by atoms with Crippen molar-refractivity contribution in [2.45, 2.75) is 57.5 Å². The Kier molecular flexibility index (Phi) is 7.77. The molecule has 6 rings (SSSR count). The first kappa shape index (κ1) is 28.7. The van der Waals surface area contributed by atoms with Gasteiger partial charge >= 0.3 is 0 Å². The first-order chi connectivity index (χ1) is 20.1. The second-order valence-electron chi connectivity index (χ2n) is 11.4. The van der Waals surface area contributed by atoms with Gasteiger partial charge in [-0.2, -0.15) is 0 Å². The van der Waals surface area contributed by atoms with Gasteiger partial charge in [0.05, 0.1) is 27.6 Å². The van der Waals surface area contributed by atoms with E-state index < -0.39 is 10.0 Å². The predicted octanol–water partition coefficient (Wildman–Crippen LogP) is 3.64. The van der Waals surface area contributed by atoms with E-state index in [-0.39, 0.29) is 34.9 Å². The van der Waals surface area contributed by atoms with Gasteiger partial charge in [0.2, 0.25) is 15.9 Å². The van der Waals surface area contributed by atoms with Crippen LogP contribution in [0, 0.1) is 12.8 Å². The predicted molar refractivity (Wildman–Crippen MR) is 163 cm³/mol. The molecule has 0 bridgehead atoms. The number of anilines is 3. The normalized spacial score (nSPS) is 17.3. The van der Waals surface area contributed by atoms with Crippen molar-refractivity contribution in [1.29, 1.82) is 0 Å². The van der Waals surface area contributed by atoms with Gasteiger partial charge in [0.1, 0.15) is 11.6 Å². The summed E-state index contributed by atoms with van der Waals surface area (Å²) in [5.74, 6) is 1.54. The topological polar surface area (TPSA) is 137 Å². The second-order valence-corrected chi connectivity index (χ2v) is 14.1. The Balaban J connectivity index is 1.32. The van der Waals surface area contributed by atoms with Gasteiger partial charge in [0, 0.05) is 32.2 Å². The van der Waals surface area contributed by atoms with Crippen LogP contribution in [-0.4, -0.2) is 67.3 Å². The Labute approximate surface area is 249 Å². The van der Waals surface area contributed by atoms with Gasteiger partial charge < -0.3 is 15.5 Å². The van der Waals surface area contributed by atoms with Crippen molar-refractivity contribution in [2.75, 3.05) is 36.4 Å². The molecule has 0 atom stereocenters. The minimum Gasteiger partial charge on any atom is -0.334 e. The number of carbonyl (C=O) groups is 2. The van der Waals surface area contributed by atoms with E-state index in [4.69, 9.17) is 4.98 Å². The Bertz CT molecular complexity index is 1650. The van der Waals surface area contributed by atoms with Gasteiger partial charge in [-0.25, -0.2) is 23.1 Å². The molecule has 1 saturated carbocycles. The molecule has 1 saturated heterocycles. The van der Waals surface area contributed by atoms with E-state index in [0.29, 0.717) is 54.4 Å². The van der Waals surface area contributed by atoms with Crippen LogP contribution in [0.25, 0.3) is 10.4 Å². The van der Waals surface area contributed by atoms with Crippen molar-refractivity contribution < 1.29 is 18.0 Å². The third-order valence-corrected chi connectivity index (χ3v) is 10.4. The highest BCUT2D eigenvalue weighted by Gasteiger charge is 2.36. The number of pyridine rings is 1. The zero-order chi connectivity index (χ0) is 29.6. The van der Waals surface area contributed by atoms with E-state index in [1.165, 1.54) is 24.2 Å². The molecule has 1 aromatic carbocycles. The number of piperazine rings is 1. The standard InChI is InChI=1S/C29H35N7O4S2/c1-17(2)34-42(39,40)22-14-20(13-21-16-35(28(38)26(21)22)11-9-19-7-8-19)27-18(3)31-29(41-27)33-23-5-4-6-24(32-23)36-12-10-30-15-25(36)37/h4-6,13-14,17,19,30,34H,7-12,15-16H2,1-3H3,(H,31,32,33). The van der Waals surface area contributed by atoms with E-state index in [1.54, 1.807) is 35.8 Å². The third-order valence-electron chi connectivity index (χ3n) is 7.62. The van der Waals surface area contributed by atoms with Gasteiger partial charge in [0.25, 0.3) is 5.91 Å². The summed E-state index contributed by atoms with van der Waals surface area (Å²) >= 11 is 1.39. The molecule has 2 fully saturated rings. The van der Waals surface area contributed by atoms with Gasteiger partial charge in [-0.15, -0.1) is 0 Å². The Morgan fingerprint density at radius 1 is 1.17 bits per heavy atom. The van der Waals surface area contributed by atoms with Gasteiger partial charge in [0.15, 0.2) is 5.13 Å². The molecule has 222 valence electrons. The quantitative estimate of drug-likeness (QED) is 0.317. The smallest absolute Gasteiger partial charge is 0.255 e. The molecule has 3 aromatic rings. The maximum atomic E-state index is 13.5. The van der Waals surface area contributed by atoms with E-state index in [1.807, 2.05) is 25.1 Å². The van der Waals surface area contributed by atoms with Crippen molar-refractivity contribution in [2.24, 2.45) is 5.92 Å². The molecule has 4 heterocycles. The number of thiazole rings is 1. The fourth-order valence-corrected chi connectivity index (χ4v) is 7.92. The van der Waals surface area contributed by atoms with Crippen LogP contribution in [0.15, 0.2) is 35.2 Å². The van der Waals surface area contributed by atoms with E-state index in [9.17, 15) is 18.0 Å². The molecule has 0 unspecified atom stereocenters. The highest BCUT2D eigenvalue weighted by molar-refractivity contribution is 7.89. The van der Waals surface area contributed by atoms with Crippen LogP contribution in [0.1, 0.15) is 54.7 Å². The molecule has 0 spiro atoms. The van der Waals surface area contributed by atoms with Crippen LogP contribution >= 0.6 is 11.3 Å². The summed E-state index contributed by atoms with van der Waals surface area (Å²) in [4.78, 5) is 39.4. The number of fused-ring (bicyclic) bond motifs is 1. The van der Waals surface area contributed by atoms with Gasteiger partial charge in [-0.05, 0) is 68.5 Å². The molecular formula is C29H35N7O4S2. The molecule has 13 heteroatoms. The van der Waals surface area contributed by atoms with Crippen LogP contribution in [-0.2, 0) is 21.4 Å². The molecule has 2 aliphatic heterocycles. The largest absolute Gasteiger partial charge is 0.334 e. The van der Waals surface area contributed by atoms with Crippen molar-refractivity contribution in [1.82, 2.24) is 24.9 Å². The monoisotopic (exact) mass is 609 g/mol. The molecule has 2 aromatic heterocycles. The number of nitrogens with zero attached hydrogens (tertiary/aromatic N) is 4. The molecule has 0 radical (unpaired) electrons. The van der Waals surface area contributed by atoms with Crippen LogP contribution < -0.4 is 20.3 Å². The lowest BCUT2D eigenvalue weighted by molar-refractivity contribution is -0.118. The number of sulfonamides is 1. The van der Waals surface area contributed by atoms with Crippen LogP contribution in [0.2, 0.25) is 0 Å². The lowest BCUT2D eigenvalue weighted by atomic mass is 10.0. The number of aromatic nitrogens is 2. The minimum absolute atomic E-state index is 0.0139. The van der Waals surface area contributed by atoms with Crippen molar-refractivity contribution in [3.8, 4) is 10.4 Å². The van der Waals surface area contributed by atoms with E-state index in [2.05, 4.69) is 20.3 Å². The highest BCUT2D eigenvalue weighted by atomic mass is 32.2. The SMILES string of the molecule is Cc1nc(Nc2cccc(N3CCNCC3=O)n2)sc1-c1cc2c(c(S(=O)(=O)NC(C)C)c1)C(=O)N(CCC1CC1)C2. The van der Waals surface area contributed by atoms with Crippen molar-refractivity contribution in [3.63, 3.8) is 0 Å². The number of amides is 2. The maximum Gasteiger partial charge on any atom is 0.255 e. The number of hydrogen-bond donors (Lipinski definition) is 3. The summed E-state index contributed by atoms with van der Waals surface area (Å²) in [5.41, 5.74) is 2.42. The van der Waals surface area contributed by atoms with E-state index in [0.717, 1.165) is 22.6 Å². The number of benzene rings is 1. The summed E-state index contributed by atoms with van der Waals surface area (Å²) in [6, 6.07) is 8.67. The number of rotatable bonds is 10. The first-order valence-electron chi connectivity index (χ1n) is 14.3. The molecule has 1 aliphatic carbocycles. The maximum absolute atomic E-state index is 13.5. The van der Waals surface area contributed by atoms with Crippen LogP contribution in [0.5, 0.6) is 0 Å². The lowest BCUT2D eigenvalue weighted by Crippen LogP contribution is -2.48. The number of aryl methyl sites for hydroxylation is 1.